The van der Waals surface area contributed by atoms with Crippen LogP contribution < -0.4 is 5.32 Å². The highest BCUT2D eigenvalue weighted by Crippen LogP contribution is 2.22. The number of hydrogen-bond acceptors (Lipinski definition) is 4. The third-order valence-corrected chi connectivity index (χ3v) is 3.77. The van der Waals surface area contributed by atoms with Crippen LogP contribution >= 0.6 is 11.6 Å². The third kappa shape index (κ3) is 3.33. The van der Waals surface area contributed by atoms with E-state index in [1.54, 1.807) is 59.7 Å². The van der Waals surface area contributed by atoms with E-state index >= 15 is 0 Å². The van der Waals surface area contributed by atoms with Crippen molar-refractivity contribution in [3.63, 3.8) is 0 Å². The summed E-state index contributed by atoms with van der Waals surface area (Å²) < 4.78 is 1.74. The fourth-order valence-corrected chi connectivity index (χ4v) is 2.51. The van der Waals surface area contributed by atoms with Gasteiger partial charge in [0, 0.05) is 22.5 Å². The largest absolute Gasteiger partial charge is 0.322 e. The van der Waals surface area contributed by atoms with Crippen molar-refractivity contribution in [1.82, 2.24) is 14.8 Å². The zero-order valence-corrected chi connectivity index (χ0v) is 13.5. The lowest BCUT2D eigenvalue weighted by atomic mass is 10.1. The topological polar surface area (TPSA) is 76.9 Å². The first kappa shape index (κ1) is 15.9. The number of amides is 1. The third-order valence-electron chi connectivity index (χ3n) is 3.45. The van der Waals surface area contributed by atoms with Gasteiger partial charge in [0.05, 0.1) is 5.02 Å². The predicted octanol–water partition coefficient (Wildman–Crippen LogP) is 3.38. The van der Waals surface area contributed by atoms with Crippen LogP contribution in [0, 0.1) is 0 Å². The van der Waals surface area contributed by atoms with E-state index in [0.29, 0.717) is 21.8 Å². The van der Waals surface area contributed by atoms with Gasteiger partial charge in [0.25, 0.3) is 5.91 Å². The van der Waals surface area contributed by atoms with Crippen molar-refractivity contribution in [3.05, 3.63) is 71.3 Å². The average Bonchev–Trinajstić information content (AvgIpc) is 3.09. The molecule has 24 heavy (non-hydrogen) atoms. The molecule has 0 unspecified atom stereocenters. The summed E-state index contributed by atoms with van der Waals surface area (Å²) in [5.74, 6) is -0.389. The maximum absolute atomic E-state index is 12.3. The Bertz CT molecular complexity index is 889. The van der Waals surface area contributed by atoms with Gasteiger partial charge in [0.2, 0.25) is 0 Å². The molecule has 1 N–H and O–H groups in total. The molecule has 1 amide bonds. The van der Waals surface area contributed by atoms with Gasteiger partial charge < -0.3 is 5.32 Å². The molecule has 0 fully saturated rings. The Morgan fingerprint density at radius 1 is 1.04 bits per heavy atom. The fraction of sp³-hybridized carbons (Fsp3) is 0.0588. The van der Waals surface area contributed by atoms with E-state index in [4.69, 9.17) is 11.6 Å². The Morgan fingerprint density at radius 2 is 1.71 bits per heavy atom. The summed E-state index contributed by atoms with van der Waals surface area (Å²) in [5.41, 5.74) is 2.30. The second-order valence-corrected chi connectivity index (χ2v) is 5.53. The first-order chi connectivity index (χ1) is 11.5. The zero-order valence-electron chi connectivity index (χ0n) is 12.7. The molecule has 0 aliphatic heterocycles. The van der Waals surface area contributed by atoms with Crippen LogP contribution in [-0.2, 0) is 0 Å². The number of rotatable bonds is 4. The maximum atomic E-state index is 12.3. The molecule has 0 aliphatic carbocycles. The highest BCUT2D eigenvalue weighted by atomic mass is 35.5. The summed E-state index contributed by atoms with van der Waals surface area (Å²) in [6.45, 7) is 1.44. The van der Waals surface area contributed by atoms with Gasteiger partial charge in [-0.3, -0.25) is 14.2 Å². The summed E-state index contributed by atoms with van der Waals surface area (Å²) in [6.07, 6.45) is 3.15. The fourth-order valence-electron chi connectivity index (χ4n) is 2.20. The van der Waals surface area contributed by atoms with Crippen molar-refractivity contribution in [3.8, 4) is 5.69 Å². The molecule has 1 aromatic heterocycles. The highest BCUT2D eigenvalue weighted by Gasteiger charge is 2.10. The lowest BCUT2D eigenvalue weighted by Crippen LogP contribution is -2.12. The molecule has 6 nitrogen and oxygen atoms in total. The maximum Gasteiger partial charge on any atom is 0.255 e. The van der Waals surface area contributed by atoms with Gasteiger partial charge >= 0.3 is 0 Å². The van der Waals surface area contributed by atoms with Gasteiger partial charge in [-0.2, -0.15) is 0 Å². The standard InChI is InChI=1S/C17H13ClN4O2/c1-11(23)15-7-4-13(8-16(15)18)21-17(24)12-2-5-14(6-3-12)22-9-19-20-10-22/h2-10H,1H3,(H,21,24). The van der Waals surface area contributed by atoms with Crippen LogP contribution in [0.3, 0.4) is 0 Å². The van der Waals surface area contributed by atoms with Crippen molar-refractivity contribution >= 4 is 29.0 Å². The average molecular weight is 341 g/mol. The zero-order chi connectivity index (χ0) is 17.1. The first-order valence-corrected chi connectivity index (χ1v) is 7.49. The number of benzene rings is 2. The van der Waals surface area contributed by atoms with Gasteiger partial charge in [0.15, 0.2) is 5.78 Å². The summed E-state index contributed by atoms with van der Waals surface area (Å²) in [7, 11) is 0. The van der Waals surface area contributed by atoms with Crippen molar-refractivity contribution in [1.29, 1.82) is 0 Å². The Labute approximate surface area is 143 Å². The molecule has 0 aliphatic rings. The van der Waals surface area contributed by atoms with Crippen molar-refractivity contribution in [2.75, 3.05) is 5.32 Å². The summed E-state index contributed by atoms with van der Waals surface area (Å²) in [4.78, 5) is 23.7. The molecule has 0 saturated carbocycles. The number of carbonyl (C=O) groups excluding carboxylic acids is 2. The molecule has 7 heteroatoms. The highest BCUT2D eigenvalue weighted by molar-refractivity contribution is 6.34. The summed E-state index contributed by atoms with van der Waals surface area (Å²) >= 11 is 6.04. The van der Waals surface area contributed by atoms with Crippen LogP contribution in [0.2, 0.25) is 5.02 Å². The van der Waals surface area contributed by atoms with Crippen molar-refractivity contribution < 1.29 is 9.59 Å². The molecule has 0 spiro atoms. The van der Waals surface area contributed by atoms with Gasteiger partial charge in [-0.25, -0.2) is 0 Å². The number of carbonyl (C=O) groups is 2. The quantitative estimate of drug-likeness (QED) is 0.739. The van der Waals surface area contributed by atoms with Crippen LogP contribution in [0.4, 0.5) is 5.69 Å². The van der Waals surface area contributed by atoms with Gasteiger partial charge in [0.1, 0.15) is 12.7 Å². The Hall–Kier alpha value is -2.99. The van der Waals surface area contributed by atoms with E-state index in [1.807, 2.05) is 0 Å². The number of anilines is 1. The molecule has 3 rings (SSSR count). The van der Waals surface area contributed by atoms with E-state index in [2.05, 4.69) is 15.5 Å². The molecule has 0 atom stereocenters. The first-order valence-electron chi connectivity index (χ1n) is 7.11. The molecule has 3 aromatic rings. The van der Waals surface area contributed by atoms with Crippen LogP contribution in [0.5, 0.6) is 0 Å². The van der Waals surface area contributed by atoms with Gasteiger partial charge in [-0.05, 0) is 49.4 Å². The monoisotopic (exact) mass is 340 g/mol. The van der Waals surface area contributed by atoms with E-state index < -0.39 is 0 Å². The van der Waals surface area contributed by atoms with E-state index in [9.17, 15) is 9.59 Å². The Kier molecular flexibility index (Phi) is 4.39. The number of nitrogens with one attached hydrogen (secondary N) is 1. The van der Waals surface area contributed by atoms with Crippen LogP contribution in [0.15, 0.2) is 55.1 Å². The number of nitrogens with zero attached hydrogens (tertiary/aromatic N) is 3. The van der Waals surface area contributed by atoms with Crippen LogP contribution in [0.1, 0.15) is 27.6 Å². The lowest BCUT2D eigenvalue weighted by Gasteiger charge is -2.08. The SMILES string of the molecule is CC(=O)c1ccc(NC(=O)c2ccc(-n3cnnc3)cc2)cc1Cl. The normalized spacial score (nSPS) is 10.4. The van der Waals surface area contributed by atoms with Crippen LogP contribution in [0.25, 0.3) is 5.69 Å². The van der Waals surface area contributed by atoms with Crippen LogP contribution in [-0.4, -0.2) is 26.5 Å². The number of halogens is 1. The van der Waals surface area contributed by atoms with E-state index in [-0.39, 0.29) is 11.7 Å². The van der Waals surface area contributed by atoms with Crippen molar-refractivity contribution in [2.45, 2.75) is 6.92 Å². The number of Topliss-reactive ketones (excluding diaryl/α,β-unsaturated/α-hetero) is 1. The summed E-state index contributed by atoms with van der Waals surface area (Å²) in [5, 5.41) is 10.5. The Morgan fingerprint density at radius 3 is 2.29 bits per heavy atom. The minimum Gasteiger partial charge on any atom is -0.322 e. The van der Waals surface area contributed by atoms with E-state index in [1.165, 1.54) is 6.92 Å². The van der Waals surface area contributed by atoms with Gasteiger partial charge in [-0.15, -0.1) is 10.2 Å². The summed E-state index contributed by atoms with van der Waals surface area (Å²) in [6, 6.07) is 11.8. The molecule has 120 valence electrons. The Balaban J connectivity index is 1.75. The van der Waals surface area contributed by atoms with Crippen molar-refractivity contribution in [2.24, 2.45) is 0 Å². The smallest absolute Gasteiger partial charge is 0.255 e. The molecule has 1 heterocycles. The predicted molar refractivity (Wildman–Crippen MR) is 90.8 cm³/mol. The van der Waals surface area contributed by atoms with E-state index in [0.717, 1.165) is 5.69 Å². The molecule has 0 bridgehead atoms. The number of ketones is 1. The van der Waals surface area contributed by atoms with Gasteiger partial charge in [-0.1, -0.05) is 11.6 Å². The molecular formula is C17H13ClN4O2. The number of aromatic nitrogens is 3. The molecular weight excluding hydrogens is 328 g/mol. The lowest BCUT2D eigenvalue weighted by molar-refractivity contribution is 0.101. The minimum absolute atomic E-state index is 0.123. The number of hydrogen-bond donors (Lipinski definition) is 1. The second-order valence-electron chi connectivity index (χ2n) is 5.12. The second kappa shape index (κ2) is 6.64. The molecule has 0 saturated heterocycles. The minimum atomic E-state index is -0.267. The molecule has 0 radical (unpaired) electrons. The molecule has 2 aromatic carbocycles.